The van der Waals surface area contributed by atoms with Crippen LogP contribution in [-0.2, 0) is 0 Å². The lowest BCUT2D eigenvalue weighted by atomic mass is 10.0. The Balaban J connectivity index is 1.77. The molecule has 1 fully saturated rings. The molecule has 1 aromatic carbocycles. The third-order valence-corrected chi connectivity index (χ3v) is 5.30. The zero-order valence-corrected chi connectivity index (χ0v) is 17.4. The lowest BCUT2D eigenvalue weighted by Gasteiger charge is -2.35. The molecule has 27 heavy (non-hydrogen) atoms. The number of benzene rings is 1. The minimum absolute atomic E-state index is 0.148. The normalized spacial score (nSPS) is 15.7. The molecule has 1 aliphatic heterocycles. The summed E-state index contributed by atoms with van der Waals surface area (Å²) in [5.74, 6) is -0.148. The third kappa shape index (κ3) is 4.90. The summed E-state index contributed by atoms with van der Waals surface area (Å²) in [6, 6.07) is 7.47. The Morgan fingerprint density at radius 3 is 2.52 bits per heavy atom. The van der Waals surface area contributed by atoms with Crippen molar-refractivity contribution in [2.75, 3.05) is 19.6 Å². The summed E-state index contributed by atoms with van der Waals surface area (Å²) in [6.07, 6.45) is 3.78. The maximum absolute atomic E-state index is 13.0. The Morgan fingerprint density at radius 1 is 1.19 bits per heavy atom. The molecule has 0 bridgehead atoms. The molecule has 0 saturated carbocycles. The number of rotatable bonds is 5. The first-order valence-corrected chi connectivity index (χ1v) is 10.0. The second-order valence-electron chi connectivity index (χ2n) is 8.18. The molecule has 1 aromatic heterocycles. The van der Waals surface area contributed by atoms with Gasteiger partial charge in [-0.05, 0) is 77.9 Å². The summed E-state index contributed by atoms with van der Waals surface area (Å²) in [6.45, 7) is 11.1. The molecule has 6 heteroatoms. The van der Waals surface area contributed by atoms with E-state index in [9.17, 15) is 4.79 Å². The van der Waals surface area contributed by atoms with Crippen molar-refractivity contribution in [2.24, 2.45) is 0 Å². The highest BCUT2D eigenvalue weighted by Crippen LogP contribution is 2.22. The number of aromatic nitrogens is 2. The van der Waals surface area contributed by atoms with E-state index >= 15 is 0 Å². The molecule has 1 saturated heterocycles. The Hall–Kier alpha value is -1.85. The molecule has 0 atom stereocenters. The van der Waals surface area contributed by atoms with E-state index in [1.165, 1.54) is 19.3 Å². The number of nitrogens with zero attached hydrogens (tertiary/aromatic N) is 3. The zero-order valence-electron chi connectivity index (χ0n) is 16.7. The van der Waals surface area contributed by atoms with Gasteiger partial charge in [0.25, 0.3) is 5.91 Å². The Kier molecular flexibility index (Phi) is 5.92. The monoisotopic (exact) mass is 388 g/mol. The Labute approximate surface area is 166 Å². The first-order valence-electron chi connectivity index (χ1n) is 9.63. The van der Waals surface area contributed by atoms with Gasteiger partial charge in [0, 0.05) is 17.8 Å². The topological polar surface area (TPSA) is 50.2 Å². The van der Waals surface area contributed by atoms with Crippen LogP contribution < -0.4 is 5.32 Å². The van der Waals surface area contributed by atoms with Crippen molar-refractivity contribution in [3.05, 3.63) is 46.2 Å². The predicted octanol–water partition coefficient (Wildman–Crippen LogP) is 4.14. The minimum Gasteiger partial charge on any atom is -0.346 e. The third-order valence-electron chi connectivity index (χ3n) is 4.97. The highest BCUT2D eigenvalue weighted by atomic mass is 35.5. The van der Waals surface area contributed by atoms with E-state index in [-0.39, 0.29) is 11.4 Å². The van der Waals surface area contributed by atoms with Crippen LogP contribution in [-0.4, -0.2) is 45.8 Å². The van der Waals surface area contributed by atoms with Gasteiger partial charge in [-0.1, -0.05) is 18.0 Å². The highest BCUT2D eigenvalue weighted by molar-refractivity contribution is 6.33. The SMILES string of the molecule is Cc1cc(C)n(-c2ccc(Cl)c(C(=O)NC(C)(C)CN3CCCCC3)c2)n1. The summed E-state index contributed by atoms with van der Waals surface area (Å²) in [5, 5.41) is 8.11. The lowest BCUT2D eigenvalue weighted by Crippen LogP contribution is -2.52. The van der Waals surface area contributed by atoms with Crippen molar-refractivity contribution in [1.29, 1.82) is 0 Å². The van der Waals surface area contributed by atoms with Gasteiger partial charge in [0.05, 0.1) is 22.0 Å². The van der Waals surface area contributed by atoms with Gasteiger partial charge in [-0.15, -0.1) is 0 Å². The molecule has 0 radical (unpaired) electrons. The Bertz CT molecular complexity index is 822. The summed E-state index contributed by atoms with van der Waals surface area (Å²) in [7, 11) is 0. The summed E-state index contributed by atoms with van der Waals surface area (Å²) < 4.78 is 1.83. The van der Waals surface area contributed by atoms with Crippen LogP contribution in [0.3, 0.4) is 0 Å². The van der Waals surface area contributed by atoms with Gasteiger partial charge in [0.1, 0.15) is 0 Å². The van der Waals surface area contributed by atoms with Gasteiger partial charge >= 0.3 is 0 Å². The van der Waals surface area contributed by atoms with Gasteiger partial charge in [-0.25, -0.2) is 4.68 Å². The van der Waals surface area contributed by atoms with Crippen LogP contribution in [0.1, 0.15) is 54.9 Å². The van der Waals surface area contributed by atoms with E-state index in [0.29, 0.717) is 10.6 Å². The van der Waals surface area contributed by atoms with Crippen LogP contribution in [0.5, 0.6) is 0 Å². The van der Waals surface area contributed by atoms with E-state index in [1.54, 1.807) is 6.07 Å². The first-order chi connectivity index (χ1) is 12.7. The molecule has 2 heterocycles. The molecular weight excluding hydrogens is 360 g/mol. The molecule has 0 aliphatic carbocycles. The fourth-order valence-corrected chi connectivity index (χ4v) is 4.00. The van der Waals surface area contributed by atoms with Gasteiger partial charge in [0.15, 0.2) is 0 Å². The fourth-order valence-electron chi connectivity index (χ4n) is 3.80. The molecule has 1 amide bonds. The van der Waals surface area contributed by atoms with E-state index in [0.717, 1.165) is 36.7 Å². The van der Waals surface area contributed by atoms with Crippen LogP contribution in [0.25, 0.3) is 5.69 Å². The summed E-state index contributed by atoms with van der Waals surface area (Å²) >= 11 is 6.34. The molecule has 1 aliphatic rings. The van der Waals surface area contributed by atoms with Crippen LogP contribution in [0.2, 0.25) is 5.02 Å². The Morgan fingerprint density at radius 2 is 1.89 bits per heavy atom. The molecule has 0 spiro atoms. The summed E-state index contributed by atoms with van der Waals surface area (Å²) in [5.41, 5.74) is 2.95. The van der Waals surface area contributed by atoms with E-state index in [2.05, 4.69) is 29.2 Å². The zero-order chi connectivity index (χ0) is 19.6. The fraction of sp³-hybridized carbons (Fsp3) is 0.524. The number of nitrogens with one attached hydrogen (secondary N) is 1. The largest absolute Gasteiger partial charge is 0.346 e. The minimum atomic E-state index is -0.327. The van der Waals surface area contributed by atoms with Crippen LogP contribution in [0.15, 0.2) is 24.3 Å². The quantitative estimate of drug-likeness (QED) is 0.837. The van der Waals surface area contributed by atoms with Crippen molar-refractivity contribution >= 4 is 17.5 Å². The van der Waals surface area contributed by atoms with Gasteiger partial charge in [-0.2, -0.15) is 5.10 Å². The van der Waals surface area contributed by atoms with Crippen molar-refractivity contribution < 1.29 is 4.79 Å². The van der Waals surface area contributed by atoms with Crippen molar-refractivity contribution in [1.82, 2.24) is 20.0 Å². The van der Waals surface area contributed by atoms with Crippen molar-refractivity contribution in [3.63, 3.8) is 0 Å². The number of halogens is 1. The van der Waals surface area contributed by atoms with Crippen LogP contribution in [0.4, 0.5) is 0 Å². The predicted molar refractivity (Wildman–Crippen MR) is 110 cm³/mol. The van der Waals surface area contributed by atoms with E-state index < -0.39 is 0 Å². The molecule has 1 N–H and O–H groups in total. The molecule has 0 unspecified atom stereocenters. The van der Waals surface area contributed by atoms with Gasteiger partial charge < -0.3 is 10.2 Å². The average Bonchev–Trinajstić information content (AvgIpc) is 2.93. The number of aryl methyl sites for hydroxylation is 2. The van der Waals surface area contributed by atoms with E-state index in [1.807, 2.05) is 36.7 Å². The number of amides is 1. The molecule has 146 valence electrons. The van der Waals surface area contributed by atoms with E-state index in [4.69, 9.17) is 11.6 Å². The number of hydrogen-bond donors (Lipinski definition) is 1. The molecule has 3 rings (SSSR count). The highest BCUT2D eigenvalue weighted by Gasteiger charge is 2.26. The standard InChI is InChI=1S/C21H29ClN4O/c1-15-12-16(2)26(24-15)17-8-9-19(22)18(13-17)20(27)23-21(3,4)14-25-10-6-5-7-11-25/h8-9,12-13H,5-7,10-11,14H2,1-4H3,(H,23,27). The van der Waals surface area contributed by atoms with Crippen LogP contribution >= 0.6 is 11.6 Å². The maximum atomic E-state index is 13.0. The van der Waals surface area contributed by atoms with Crippen molar-refractivity contribution in [3.8, 4) is 5.69 Å². The first kappa shape index (κ1) is 19.9. The number of piperidine rings is 1. The van der Waals surface area contributed by atoms with Gasteiger partial charge in [0.2, 0.25) is 0 Å². The molecular formula is C21H29ClN4O. The number of carbonyl (C=O) groups excluding carboxylic acids is 1. The second kappa shape index (κ2) is 8.03. The second-order valence-corrected chi connectivity index (χ2v) is 8.59. The molecule has 5 nitrogen and oxygen atoms in total. The average molecular weight is 389 g/mol. The number of carbonyl (C=O) groups is 1. The number of likely N-dealkylation sites (tertiary alicyclic amines) is 1. The van der Waals surface area contributed by atoms with Gasteiger partial charge in [-0.3, -0.25) is 4.79 Å². The molecule has 2 aromatic rings. The maximum Gasteiger partial charge on any atom is 0.253 e. The summed E-state index contributed by atoms with van der Waals surface area (Å²) in [4.78, 5) is 15.4. The van der Waals surface area contributed by atoms with Crippen molar-refractivity contribution in [2.45, 2.75) is 52.5 Å². The number of hydrogen-bond acceptors (Lipinski definition) is 3. The smallest absolute Gasteiger partial charge is 0.253 e. The van der Waals surface area contributed by atoms with Crippen LogP contribution in [0, 0.1) is 13.8 Å². The lowest BCUT2D eigenvalue weighted by molar-refractivity contribution is 0.0878.